The molecule has 0 aliphatic heterocycles. The SMILES string of the molecule is C#CCO/N=C/c1c(S(C)(=O)=O)ccc(C(=O)Nc2nnnn2CC)c1Cl. The molecule has 0 unspecified atom stereocenters. The number of anilines is 1. The predicted molar refractivity (Wildman–Crippen MR) is 98.4 cm³/mol. The van der Waals surface area contributed by atoms with Gasteiger partial charge in [-0.25, -0.2) is 13.1 Å². The normalized spacial score (nSPS) is 11.3. The summed E-state index contributed by atoms with van der Waals surface area (Å²) in [5.41, 5.74) is 0.00652. The fraction of sp³-hybridized carbons (Fsp3) is 0.267. The Labute approximate surface area is 160 Å². The monoisotopic (exact) mass is 410 g/mol. The Balaban J connectivity index is 2.44. The molecule has 1 heterocycles. The maximum atomic E-state index is 12.5. The number of nitrogens with zero attached hydrogens (tertiary/aromatic N) is 5. The Kier molecular flexibility index (Phi) is 6.49. The summed E-state index contributed by atoms with van der Waals surface area (Å²) in [5.74, 6) is 1.71. The fourth-order valence-electron chi connectivity index (χ4n) is 2.03. The topological polar surface area (TPSA) is 128 Å². The predicted octanol–water partition coefficient (Wildman–Crippen LogP) is 0.986. The molecular formula is C15H15ClN6O4S. The number of tetrazole rings is 1. The van der Waals surface area contributed by atoms with Crippen molar-refractivity contribution in [2.24, 2.45) is 5.16 Å². The van der Waals surface area contributed by atoms with Gasteiger partial charge in [0.15, 0.2) is 16.4 Å². The first kappa shape index (κ1) is 20.3. The Morgan fingerprint density at radius 3 is 2.89 bits per heavy atom. The van der Waals surface area contributed by atoms with Crippen LogP contribution in [0.5, 0.6) is 0 Å². The van der Waals surface area contributed by atoms with Crippen LogP contribution in [0.25, 0.3) is 0 Å². The lowest BCUT2D eigenvalue weighted by molar-refractivity contribution is 0.102. The third-order valence-electron chi connectivity index (χ3n) is 3.24. The van der Waals surface area contributed by atoms with Gasteiger partial charge in [0.1, 0.15) is 0 Å². The number of amides is 1. The summed E-state index contributed by atoms with van der Waals surface area (Å²) in [4.78, 5) is 17.2. The van der Waals surface area contributed by atoms with Gasteiger partial charge in [0.05, 0.1) is 21.7 Å². The molecule has 0 spiro atoms. The molecule has 0 radical (unpaired) electrons. The second kappa shape index (κ2) is 8.61. The molecule has 1 N–H and O–H groups in total. The van der Waals surface area contributed by atoms with Crippen LogP contribution in [0.1, 0.15) is 22.8 Å². The Morgan fingerprint density at radius 2 is 2.26 bits per heavy atom. The summed E-state index contributed by atoms with van der Waals surface area (Å²) in [6.07, 6.45) is 7.14. The molecule has 0 atom stereocenters. The smallest absolute Gasteiger partial charge is 0.259 e. The molecule has 27 heavy (non-hydrogen) atoms. The van der Waals surface area contributed by atoms with E-state index in [1.165, 1.54) is 16.8 Å². The van der Waals surface area contributed by atoms with Crippen molar-refractivity contribution in [1.82, 2.24) is 20.2 Å². The molecule has 142 valence electrons. The molecule has 2 rings (SSSR count). The minimum absolute atomic E-state index is 0.000999. The number of terminal acetylenes is 1. The van der Waals surface area contributed by atoms with Crippen molar-refractivity contribution in [1.29, 1.82) is 0 Å². The van der Waals surface area contributed by atoms with Crippen molar-refractivity contribution in [3.63, 3.8) is 0 Å². The average molecular weight is 411 g/mol. The number of aromatic nitrogens is 4. The number of halogens is 1. The molecule has 0 bridgehead atoms. The number of oxime groups is 1. The van der Waals surface area contributed by atoms with Gasteiger partial charge in [0.2, 0.25) is 5.95 Å². The number of benzene rings is 1. The molecule has 2 aromatic rings. The fourth-order valence-corrected chi connectivity index (χ4v) is 3.26. The average Bonchev–Trinajstić information content (AvgIpc) is 3.05. The van der Waals surface area contributed by atoms with Gasteiger partial charge in [0, 0.05) is 18.4 Å². The van der Waals surface area contributed by atoms with E-state index in [2.05, 4.69) is 31.9 Å². The molecule has 0 aliphatic carbocycles. The van der Waals surface area contributed by atoms with E-state index in [-0.39, 0.29) is 33.6 Å². The van der Waals surface area contributed by atoms with Crippen LogP contribution < -0.4 is 5.32 Å². The van der Waals surface area contributed by atoms with Gasteiger partial charge in [0.25, 0.3) is 5.91 Å². The minimum atomic E-state index is -3.64. The first-order chi connectivity index (χ1) is 12.8. The number of hydrogen-bond donors (Lipinski definition) is 1. The maximum Gasteiger partial charge on any atom is 0.259 e. The van der Waals surface area contributed by atoms with Crippen LogP contribution in [-0.2, 0) is 21.2 Å². The summed E-state index contributed by atoms with van der Waals surface area (Å²) in [7, 11) is -3.64. The highest BCUT2D eigenvalue weighted by molar-refractivity contribution is 7.90. The van der Waals surface area contributed by atoms with Crippen LogP contribution in [-0.4, -0.2) is 53.6 Å². The summed E-state index contributed by atoms with van der Waals surface area (Å²) in [6.45, 7) is 2.13. The summed E-state index contributed by atoms with van der Waals surface area (Å²) < 4.78 is 25.4. The highest BCUT2D eigenvalue weighted by Gasteiger charge is 2.22. The standard InChI is InChI=1S/C15H15ClN6O4S/c1-4-8-26-17-9-11-12(27(3,24)25)7-6-10(13(11)16)14(23)18-15-19-20-21-22(15)5-2/h1,6-7,9H,5,8H2,2-3H3,(H,18,19,21,23)/b17-9+. The van der Waals surface area contributed by atoms with E-state index in [1.807, 2.05) is 0 Å². The number of nitrogens with one attached hydrogen (secondary N) is 1. The third kappa shape index (κ3) is 4.81. The summed E-state index contributed by atoms with van der Waals surface area (Å²) in [5, 5.41) is 16.8. The van der Waals surface area contributed by atoms with Crippen LogP contribution in [0.2, 0.25) is 5.02 Å². The molecule has 12 heteroatoms. The van der Waals surface area contributed by atoms with Crippen molar-refractivity contribution in [2.45, 2.75) is 18.4 Å². The molecular weight excluding hydrogens is 396 g/mol. The lowest BCUT2D eigenvalue weighted by Crippen LogP contribution is -2.18. The summed E-state index contributed by atoms with van der Waals surface area (Å²) in [6, 6.07) is 2.54. The molecule has 10 nitrogen and oxygen atoms in total. The zero-order valence-electron chi connectivity index (χ0n) is 14.4. The van der Waals surface area contributed by atoms with E-state index < -0.39 is 15.7 Å². The molecule has 0 saturated heterocycles. The quantitative estimate of drug-likeness (QED) is 0.312. The lowest BCUT2D eigenvalue weighted by Gasteiger charge is -2.11. The van der Waals surface area contributed by atoms with Crippen LogP contribution in [0.15, 0.2) is 22.2 Å². The van der Waals surface area contributed by atoms with Gasteiger partial charge in [-0.3, -0.25) is 10.1 Å². The van der Waals surface area contributed by atoms with Gasteiger partial charge < -0.3 is 4.84 Å². The van der Waals surface area contributed by atoms with E-state index in [4.69, 9.17) is 22.9 Å². The Morgan fingerprint density at radius 1 is 1.52 bits per heavy atom. The Hall–Kier alpha value is -2.97. The van der Waals surface area contributed by atoms with E-state index >= 15 is 0 Å². The van der Waals surface area contributed by atoms with E-state index in [9.17, 15) is 13.2 Å². The van der Waals surface area contributed by atoms with Gasteiger partial charge >= 0.3 is 0 Å². The van der Waals surface area contributed by atoms with Crippen LogP contribution in [0.4, 0.5) is 5.95 Å². The zero-order valence-corrected chi connectivity index (χ0v) is 16.0. The number of sulfone groups is 1. The van der Waals surface area contributed by atoms with Crippen molar-refractivity contribution in [3.05, 3.63) is 28.3 Å². The van der Waals surface area contributed by atoms with Crippen molar-refractivity contribution < 1.29 is 18.0 Å². The molecule has 0 aliphatic rings. The highest BCUT2D eigenvalue weighted by Crippen LogP contribution is 2.27. The molecule has 1 aromatic heterocycles. The maximum absolute atomic E-state index is 12.5. The van der Waals surface area contributed by atoms with Crippen LogP contribution in [0.3, 0.4) is 0 Å². The number of carbonyl (C=O) groups excluding carboxylic acids is 1. The zero-order chi connectivity index (χ0) is 20.0. The van der Waals surface area contributed by atoms with E-state index in [0.717, 1.165) is 12.5 Å². The van der Waals surface area contributed by atoms with E-state index in [0.29, 0.717) is 6.54 Å². The van der Waals surface area contributed by atoms with Gasteiger partial charge in [-0.1, -0.05) is 27.8 Å². The largest absolute Gasteiger partial charge is 0.383 e. The minimum Gasteiger partial charge on any atom is -0.383 e. The molecule has 1 aromatic carbocycles. The van der Waals surface area contributed by atoms with Crippen molar-refractivity contribution in [2.75, 3.05) is 18.2 Å². The van der Waals surface area contributed by atoms with Crippen LogP contribution >= 0.6 is 11.6 Å². The van der Waals surface area contributed by atoms with Crippen molar-refractivity contribution in [3.8, 4) is 12.3 Å². The Bertz CT molecular complexity index is 1030. The number of carbonyl (C=O) groups is 1. The van der Waals surface area contributed by atoms with Gasteiger partial charge in [-0.15, -0.1) is 6.42 Å². The molecule has 0 fully saturated rings. The van der Waals surface area contributed by atoms with Gasteiger partial charge in [-0.05, 0) is 29.5 Å². The second-order valence-electron chi connectivity index (χ2n) is 5.10. The molecule has 1 amide bonds. The third-order valence-corrected chi connectivity index (χ3v) is 4.81. The first-order valence-corrected chi connectivity index (χ1v) is 9.75. The van der Waals surface area contributed by atoms with E-state index in [1.54, 1.807) is 6.92 Å². The van der Waals surface area contributed by atoms with Crippen LogP contribution in [0, 0.1) is 12.3 Å². The van der Waals surface area contributed by atoms with Crippen molar-refractivity contribution >= 4 is 39.5 Å². The number of hydrogen-bond acceptors (Lipinski definition) is 8. The number of rotatable bonds is 7. The first-order valence-electron chi connectivity index (χ1n) is 7.48. The molecule has 0 saturated carbocycles. The number of aryl methyl sites for hydroxylation is 1. The second-order valence-corrected chi connectivity index (χ2v) is 7.46. The summed E-state index contributed by atoms with van der Waals surface area (Å²) >= 11 is 6.27. The van der Waals surface area contributed by atoms with Gasteiger partial charge in [-0.2, -0.15) is 0 Å². The highest BCUT2D eigenvalue weighted by atomic mass is 35.5. The lowest BCUT2D eigenvalue weighted by atomic mass is 10.1.